The van der Waals surface area contributed by atoms with Crippen LogP contribution in [0.2, 0.25) is 5.02 Å². The number of aromatic nitrogens is 2. The lowest BCUT2D eigenvalue weighted by atomic mass is 9.99. The highest BCUT2D eigenvalue weighted by Gasteiger charge is 2.33. The number of Topliss-reactive ketones (excluding diaryl/α,β-unsaturated/α-hetero) is 1. The molecule has 0 spiro atoms. The minimum Gasteiger partial charge on any atom is -0.465 e. The molecule has 2 N–H and O–H groups in total. The van der Waals surface area contributed by atoms with E-state index in [4.69, 9.17) is 16.3 Å². The molecule has 1 atom stereocenters. The molecule has 0 radical (unpaired) electrons. The maximum atomic E-state index is 13.4. The Balaban J connectivity index is 1.37. The summed E-state index contributed by atoms with van der Waals surface area (Å²) in [7, 11) is 0. The third-order valence-corrected chi connectivity index (χ3v) is 7.34. The van der Waals surface area contributed by atoms with Gasteiger partial charge < -0.3 is 15.4 Å². The average molecular weight is 491 g/mol. The monoisotopic (exact) mass is 490 g/mol. The fourth-order valence-electron chi connectivity index (χ4n) is 3.62. The van der Waals surface area contributed by atoms with Crippen LogP contribution in [-0.4, -0.2) is 22.0 Å². The summed E-state index contributed by atoms with van der Waals surface area (Å²) in [5, 5.41) is 8.28. The number of anilines is 2. The number of thiazole rings is 2. The van der Waals surface area contributed by atoms with Crippen LogP contribution in [0, 0.1) is 0 Å². The summed E-state index contributed by atoms with van der Waals surface area (Å²) in [5.41, 5.74) is 2.61. The van der Waals surface area contributed by atoms with Crippen molar-refractivity contribution < 1.29 is 9.53 Å². The molecule has 6 rings (SSSR count). The van der Waals surface area contributed by atoms with E-state index < -0.39 is 6.23 Å². The van der Waals surface area contributed by atoms with Gasteiger partial charge in [-0.25, -0.2) is 9.97 Å². The molecule has 0 aliphatic carbocycles. The molecule has 3 aromatic carbocycles. The number of carbonyl (C=O) groups excluding carboxylic acids is 1. The van der Waals surface area contributed by atoms with Gasteiger partial charge in [0.05, 0.1) is 31.6 Å². The van der Waals surface area contributed by atoms with E-state index in [0.29, 0.717) is 32.2 Å². The highest BCUT2D eigenvalue weighted by Crippen LogP contribution is 2.35. The van der Waals surface area contributed by atoms with Gasteiger partial charge in [-0.05, 0) is 42.5 Å². The summed E-state index contributed by atoms with van der Waals surface area (Å²) in [6.07, 6.45) is 0.920. The van der Waals surface area contributed by atoms with Crippen LogP contribution in [0.15, 0.2) is 78.5 Å². The van der Waals surface area contributed by atoms with Crippen molar-refractivity contribution in [2.75, 3.05) is 10.6 Å². The highest BCUT2D eigenvalue weighted by atomic mass is 35.5. The first-order valence-corrected chi connectivity index (χ1v) is 12.1. The van der Waals surface area contributed by atoms with Crippen molar-refractivity contribution in [2.24, 2.45) is 0 Å². The van der Waals surface area contributed by atoms with Crippen molar-refractivity contribution in [3.63, 3.8) is 0 Å². The van der Waals surface area contributed by atoms with Crippen molar-refractivity contribution >= 4 is 70.8 Å². The van der Waals surface area contributed by atoms with Gasteiger partial charge in [0.25, 0.3) is 0 Å². The molecule has 9 heteroatoms. The standard InChI is InChI=1S/C24H15ClN4O2S2/c25-13-9-10-18-14(11-13)21(30)15(12-26-23-27-16-5-1-3-7-19(16)32-23)22(31-18)29-24-28-17-6-2-4-8-20(17)33-24/h1-12,22H,(H,26,27)(H,28,29)/b15-12-. The molecule has 0 saturated heterocycles. The number of nitrogens with one attached hydrogen (secondary N) is 2. The quantitative estimate of drug-likeness (QED) is 0.277. The summed E-state index contributed by atoms with van der Waals surface area (Å²) in [5.74, 6) is 0.297. The molecule has 1 aliphatic rings. The lowest BCUT2D eigenvalue weighted by Crippen LogP contribution is -2.37. The zero-order valence-corrected chi connectivity index (χ0v) is 19.3. The zero-order chi connectivity index (χ0) is 22.4. The van der Waals surface area contributed by atoms with Crippen LogP contribution >= 0.6 is 34.3 Å². The minimum absolute atomic E-state index is 0.175. The van der Waals surface area contributed by atoms with Crippen molar-refractivity contribution in [3.05, 3.63) is 89.1 Å². The van der Waals surface area contributed by atoms with Gasteiger partial charge in [-0.2, -0.15) is 0 Å². The van der Waals surface area contributed by atoms with E-state index in [1.54, 1.807) is 24.4 Å². The van der Waals surface area contributed by atoms with Gasteiger partial charge in [0.1, 0.15) is 5.75 Å². The van der Waals surface area contributed by atoms with Gasteiger partial charge in [-0.1, -0.05) is 58.5 Å². The van der Waals surface area contributed by atoms with E-state index in [1.165, 1.54) is 22.7 Å². The Morgan fingerprint density at radius 3 is 2.30 bits per heavy atom. The molecule has 0 amide bonds. The maximum absolute atomic E-state index is 13.4. The van der Waals surface area contributed by atoms with E-state index in [0.717, 1.165) is 20.4 Å². The number of hydrogen-bond donors (Lipinski definition) is 2. The predicted octanol–water partition coefficient (Wildman–Crippen LogP) is 6.57. The first-order chi connectivity index (χ1) is 16.1. The molecular weight excluding hydrogens is 476 g/mol. The molecular formula is C24H15ClN4O2S2. The fraction of sp³-hybridized carbons (Fsp3) is 0.0417. The number of halogens is 1. The summed E-state index contributed by atoms with van der Waals surface area (Å²) in [6.45, 7) is 0. The number of fused-ring (bicyclic) bond motifs is 3. The molecule has 33 heavy (non-hydrogen) atoms. The molecule has 162 valence electrons. The van der Waals surface area contributed by atoms with E-state index in [9.17, 15) is 4.79 Å². The minimum atomic E-state index is -0.728. The van der Waals surface area contributed by atoms with Crippen LogP contribution in [-0.2, 0) is 0 Å². The number of nitrogens with zero attached hydrogens (tertiary/aromatic N) is 2. The van der Waals surface area contributed by atoms with Gasteiger partial charge in [0, 0.05) is 11.2 Å². The van der Waals surface area contributed by atoms with Gasteiger partial charge in [-0.15, -0.1) is 0 Å². The molecule has 1 aliphatic heterocycles. The maximum Gasteiger partial charge on any atom is 0.203 e. The van der Waals surface area contributed by atoms with Crippen molar-refractivity contribution in [3.8, 4) is 5.75 Å². The summed E-state index contributed by atoms with van der Waals surface area (Å²) < 4.78 is 8.28. The SMILES string of the molecule is O=C1/C(=C/Nc2nc3ccccc3s2)C(Nc2nc3ccccc3s2)Oc2ccc(Cl)cc21. The second-order valence-corrected chi connectivity index (χ2v) is 9.83. The summed E-state index contributed by atoms with van der Waals surface area (Å²) >= 11 is 9.16. The topological polar surface area (TPSA) is 76.1 Å². The second kappa shape index (κ2) is 8.15. The average Bonchev–Trinajstić information content (AvgIpc) is 3.42. The molecule has 1 unspecified atom stereocenters. The molecule has 3 heterocycles. The molecule has 5 aromatic rings. The lowest BCUT2D eigenvalue weighted by molar-refractivity contribution is 0.0973. The van der Waals surface area contributed by atoms with Gasteiger partial charge >= 0.3 is 0 Å². The normalized spacial score (nSPS) is 16.7. The number of para-hydroxylation sites is 2. The second-order valence-electron chi connectivity index (χ2n) is 7.33. The molecule has 0 bridgehead atoms. The smallest absolute Gasteiger partial charge is 0.203 e. The largest absolute Gasteiger partial charge is 0.465 e. The van der Waals surface area contributed by atoms with Crippen molar-refractivity contribution in [2.45, 2.75) is 6.23 Å². The third-order valence-electron chi connectivity index (χ3n) is 5.17. The lowest BCUT2D eigenvalue weighted by Gasteiger charge is -2.28. The first kappa shape index (κ1) is 20.2. The summed E-state index contributed by atoms with van der Waals surface area (Å²) in [6, 6.07) is 20.8. The Labute approximate surface area is 201 Å². The van der Waals surface area contributed by atoms with Crippen LogP contribution in [0.25, 0.3) is 20.4 Å². The van der Waals surface area contributed by atoms with Gasteiger partial charge in [0.15, 0.2) is 16.0 Å². The van der Waals surface area contributed by atoms with E-state index in [1.807, 2.05) is 48.5 Å². The van der Waals surface area contributed by atoms with Crippen LogP contribution in [0.5, 0.6) is 5.75 Å². The Morgan fingerprint density at radius 2 is 1.58 bits per heavy atom. The number of ether oxygens (including phenoxy) is 1. The molecule has 0 saturated carbocycles. The Bertz CT molecular complexity index is 1490. The van der Waals surface area contributed by atoms with Crippen LogP contribution in [0.3, 0.4) is 0 Å². The van der Waals surface area contributed by atoms with Gasteiger partial charge in [-0.3, -0.25) is 4.79 Å². The number of hydrogen-bond acceptors (Lipinski definition) is 8. The predicted molar refractivity (Wildman–Crippen MR) is 135 cm³/mol. The van der Waals surface area contributed by atoms with E-state index >= 15 is 0 Å². The Kier molecular flexibility index (Phi) is 4.98. The number of rotatable bonds is 4. The highest BCUT2D eigenvalue weighted by molar-refractivity contribution is 7.22. The van der Waals surface area contributed by atoms with Crippen molar-refractivity contribution in [1.29, 1.82) is 0 Å². The van der Waals surface area contributed by atoms with E-state index in [-0.39, 0.29) is 5.78 Å². The molecule has 0 fully saturated rings. The molecule has 6 nitrogen and oxygen atoms in total. The van der Waals surface area contributed by atoms with E-state index in [2.05, 4.69) is 20.6 Å². The first-order valence-electron chi connectivity index (χ1n) is 10.1. The fourth-order valence-corrected chi connectivity index (χ4v) is 5.51. The number of carbonyl (C=O) groups is 1. The zero-order valence-electron chi connectivity index (χ0n) is 16.9. The number of ketones is 1. The van der Waals surface area contributed by atoms with Crippen LogP contribution in [0.1, 0.15) is 10.4 Å². The van der Waals surface area contributed by atoms with Crippen LogP contribution < -0.4 is 15.4 Å². The Morgan fingerprint density at radius 1 is 0.909 bits per heavy atom. The number of benzene rings is 3. The van der Waals surface area contributed by atoms with Gasteiger partial charge in [0.2, 0.25) is 6.23 Å². The summed E-state index contributed by atoms with van der Waals surface area (Å²) in [4.78, 5) is 22.6. The van der Waals surface area contributed by atoms with Crippen molar-refractivity contribution in [1.82, 2.24) is 9.97 Å². The third kappa shape index (κ3) is 3.82. The molecule has 2 aromatic heterocycles. The van der Waals surface area contributed by atoms with Crippen LogP contribution in [0.4, 0.5) is 10.3 Å². The Hall–Kier alpha value is -3.46.